The molecule has 0 rings (SSSR count). The highest BCUT2D eigenvalue weighted by atomic mass is 16.4. The molecule has 0 saturated carbocycles. The molecule has 0 aromatic heterocycles. The minimum Gasteiger partial charge on any atom is -0.481 e. The maximum atomic E-state index is 10.7. The van der Waals surface area contributed by atoms with Crippen LogP contribution in [0.15, 0.2) is 12.2 Å². The highest BCUT2D eigenvalue weighted by Crippen LogP contribution is 2.12. The third-order valence-electron chi connectivity index (χ3n) is 1.80. The summed E-state index contributed by atoms with van der Waals surface area (Å²) < 4.78 is 0. The number of rotatable bonds is 5. The van der Waals surface area contributed by atoms with Crippen molar-refractivity contribution in [3.05, 3.63) is 12.2 Å². The predicted molar refractivity (Wildman–Crippen MR) is 50.0 cm³/mol. The zero-order valence-corrected chi connectivity index (χ0v) is 8.08. The van der Waals surface area contributed by atoms with E-state index in [9.17, 15) is 4.79 Å². The Morgan fingerprint density at radius 2 is 2.08 bits per heavy atom. The summed E-state index contributed by atoms with van der Waals surface area (Å²) in [5, 5.41) is 8.79. The minimum atomic E-state index is -0.725. The zero-order valence-electron chi connectivity index (χ0n) is 8.08. The van der Waals surface area contributed by atoms with Gasteiger partial charge in [-0.25, -0.2) is 0 Å². The number of aliphatic carboxylic acids is 1. The van der Waals surface area contributed by atoms with Crippen molar-refractivity contribution in [3.8, 4) is 0 Å². The fourth-order valence-electron chi connectivity index (χ4n) is 0.999. The molecule has 1 N–H and O–H groups in total. The van der Waals surface area contributed by atoms with Crippen LogP contribution in [0, 0.1) is 11.8 Å². The fraction of sp³-hybridized carbons (Fsp3) is 0.700. The maximum absolute atomic E-state index is 10.7. The van der Waals surface area contributed by atoms with E-state index in [1.165, 1.54) is 0 Å². The summed E-state index contributed by atoms with van der Waals surface area (Å²) in [7, 11) is 0. The smallest absolute Gasteiger partial charge is 0.310 e. The minimum absolute atomic E-state index is 0.176. The molecule has 0 aliphatic heterocycles. The van der Waals surface area contributed by atoms with Gasteiger partial charge in [-0.15, -0.1) is 0 Å². The van der Waals surface area contributed by atoms with Crippen molar-refractivity contribution in [2.75, 3.05) is 0 Å². The molecule has 2 nitrogen and oxygen atoms in total. The van der Waals surface area contributed by atoms with Gasteiger partial charge < -0.3 is 5.11 Å². The molecule has 1 atom stereocenters. The monoisotopic (exact) mass is 170 g/mol. The summed E-state index contributed by atoms with van der Waals surface area (Å²) in [6.45, 7) is 5.93. The molecule has 12 heavy (non-hydrogen) atoms. The number of carbonyl (C=O) groups is 1. The lowest BCUT2D eigenvalue weighted by molar-refractivity contribution is -0.141. The summed E-state index contributed by atoms with van der Waals surface area (Å²) in [6.07, 6.45) is 5.80. The van der Waals surface area contributed by atoms with Crippen LogP contribution in [0.2, 0.25) is 0 Å². The van der Waals surface area contributed by atoms with Crippen LogP contribution in [-0.4, -0.2) is 11.1 Å². The second-order valence-electron chi connectivity index (χ2n) is 3.32. The molecule has 0 amide bonds. The Kier molecular flexibility index (Phi) is 5.43. The first-order chi connectivity index (χ1) is 5.59. The summed E-state index contributed by atoms with van der Waals surface area (Å²) in [5.74, 6) is -0.871. The number of unbranched alkanes of at least 4 members (excludes halogenated alkanes) is 1. The molecule has 0 aromatic carbocycles. The van der Waals surface area contributed by atoms with Gasteiger partial charge in [0.1, 0.15) is 0 Å². The normalized spacial score (nSPS) is 14.0. The maximum Gasteiger partial charge on any atom is 0.310 e. The highest BCUT2D eigenvalue weighted by molar-refractivity contribution is 5.72. The van der Waals surface area contributed by atoms with Crippen molar-refractivity contribution in [1.82, 2.24) is 0 Å². The Hall–Kier alpha value is -0.790. The summed E-state index contributed by atoms with van der Waals surface area (Å²) >= 11 is 0. The van der Waals surface area contributed by atoms with Crippen LogP contribution in [0.3, 0.4) is 0 Å². The first-order valence-corrected chi connectivity index (χ1v) is 4.49. The van der Waals surface area contributed by atoms with Gasteiger partial charge in [0, 0.05) is 0 Å². The van der Waals surface area contributed by atoms with Gasteiger partial charge in [-0.1, -0.05) is 39.3 Å². The van der Waals surface area contributed by atoms with Gasteiger partial charge in [-0.05, 0) is 12.3 Å². The fourth-order valence-corrected chi connectivity index (χ4v) is 0.999. The third-order valence-corrected chi connectivity index (χ3v) is 1.80. The highest BCUT2D eigenvalue weighted by Gasteiger charge is 2.17. The Bertz CT molecular complexity index is 159. The molecule has 2 heteroatoms. The van der Waals surface area contributed by atoms with Gasteiger partial charge in [-0.3, -0.25) is 4.79 Å². The first-order valence-electron chi connectivity index (χ1n) is 4.49. The molecule has 0 fully saturated rings. The molecule has 0 saturated heterocycles. The van der Waals surface area contributed by atoms with Crippen molar-refractivity contribution < 1.29 is 9.90 Å². The van der Waals surface area contributed by atoms with Gasteiger partial charge in [0.2, 0.25) is 0 Å². The van der Waals surface area contributed by atoms with Crippen molar-refractivity contribution in [2.45, 2.75) is 33.6 Å². The van der Waals surface area contributed by atoms with Gasteiger partial charge in [0.25, 0.3) is 0 Å². The van der Waals surface area contributed by atoms with E-state index in [0.29, 0.717) is 0 Å². The molecule has 70 valence electrons. The standard InChI is InChI=1S/C10H18O2/c1-4-5-6-7-9(8(2)3)10(11)12/h6-9H,4-5H2,1-3H3,(H,11,12)/b7-6+. The van der Waals surface area contributed by atoms with Crippen molar-refractivity contribution >= 4 is 5.97 Å². The number of hydrogen-bond donors (Lipinski definition) is 1. The molecule has 1 unspecified atom stereocenters. The lowest BCUT2D eigenvalue weighted by atomic mass is 9.95. The number of hydrogen-bond acceptors (Lipinski definition) is 1. The summed E-state index contributed by atoms with van der Waals surface area (Å²) in [5.41, 5.74) is 0. The van der Waals surface area contributed by atoms with E-state index in [1.807, 2.05) is 19.9 Å². The van der Waals surface area contributed by atoms with Crippen LogP contribution >= 0.6 is 0 Å². The van der Waals surface area contributed by atoms with Crippen molar-refractivity contribution in [1.29, 1.82) is 0 Å². The van der Waals surface area contributed by atoms with Crippen molar-refractivity contribution in [2.24, 2.45) is 11.8 Å². The SMILES string of the molecule is CCC/C=C/C(C(=O)O)C(C)C. The predicted octanol–water partition coefficient (Wildman–Crippen LogP) is 2.70. The second-order valence-corrected chi connectivity index (χ2v) is 3.32. The molecule has 0 heterocycles. The average molecular weight is 170 g/mol. The lowest BCUT2D eigenvalue weighted by Crippen LogP contribution is -2.16. The van der Waals surface area contributed by atoms with E-state index >= 15 is 0 Å². The molecule has 0 aromatic rings. The van der Waals surface area contributed by atoms with Crippen LogP contribution in [0.1, 0.15) is 33.6 Å². The van der Waals surface area contributed by atoms with Crippen LogP contribution in [-0.2, 0) is 4.79 Å². The van der Waals surface area contributed by atoms with Gasteiger partial charge in [0.05, 0.1) is 5.92 Å². The molecule has 0 aliphatic carbocycles. The number of allylic oxidation sites excluding steroid dienone is 1. The molecule has 0 spiro atoms. The van der Waals surface area contributed by atoms with E-state index in [2.05, 4.69) is 6.92 Å². The number of carboxylic acids is 1. The van der Waals surface area contributed by atoms with Crippen LogP contribution in [0.4, 0.5) is 0 Å². The third kappa shape index (κ3) is 4.16. The van der Waals surface area contributed by atoms with E-state index in [0.717, 1.165) is 12.8 Å². The van der Waals surface area contributed by atoms with E-state index < -0.39 is 5.97 Å². The summed E-state index contributed by atoms with van der Waals surface area (Å²) in [6, 6.07) is 0. The molecular formula is C10H18O2. The summed E-state index contributed by atoms with van der Waals surface area (Å²) in [4.78, 5) is 10.7. The Balaban J connectivity index is 4.04. The van der Waals surface area contributed by atoms with Crippen molar-refractivity contribution in [3.63, 3.8) is 0 Å². The van der Waals surface area contributed by atoms with E-state index in [-0.39, 0.29) is 11.8 Å². The average Bonchev–Trinajstić information content (AvgIpc) is 1.96. The largest absolute Gasteiger partial charge is 0.481 e. The molecular weight excluding hydrogens is 152 g/mol. The van der Waals surface area contributed by atoms with Crippen LogP contribution in [0.5, 0.6) is 0 Å². The van der Waals surface area contributed by atoms with Gasteiger partial charge in [0.15, 0.2) is 0 Å². The topological polar surface area (TPSA) is 37.3 Å². The van der Waals surface area contributed by atoms with Gasteiger partial charge >= 0.3 is 5.97 Å². The second kappa shape index (κ2) is 5.81. The molecule has 0 radical (unpaired) electrons. The van der Waals surface area contributed by atoms with Gasteiger partial charge in [-0.2, -0.15) is 0 Å². The first kappa shape index (κ1) is 11.2. The zero-order chi connectivity index (χ0) is 9.56. The molecule has 0 bridgehead atoms. The number of carboxylic acid groups (broad SMARTS) is 1. The Morgan fingerprint density at radius 3 is 2.42 bits per heavy atom. The van der Waals surface area contributed by atoms with E-state index in [4.69, 9.17) is 5.11 Å². The quantitative estimate of drug-likeness (QED) is 0.644. The van der Waals surface area contributed by atoms with Crippen LogP contribution < -0.4 is 0 Å². The lowest BCUT2D eigenvalue weighted by Gasteiger charge is -2.10. The molecule has 0 aliphatic rings. The van der Waals surface area contributed by atoms with Crippen LogP contribution in [0.25, 0.3) is 0 Å². The Labute approximate surface area is 74.3 Å². The Morgan fingerprint density at radius 1 is 1.50 bits per heavy atom. The van der Waals surface area contributed by atoms with E-state index in [1.54, 1.807) is 6.08 Å².